The van der Waals surface area contributed by atoms with Gasteiger partial charge in [-0.1, -0.05) is 12.1 Å². The first kappa shape index (κ1) is 18.8. The number of carbonyl (C=O) groups is 1. The quantitative estimate of drug-likeness (QED) is 0.671. The van der Waals surface area contributed by atoms with E-state index in [1.165, 1.54) is 0 Å². The maximum Gasteiger partial charge on any atom is 0.253 e. The van der Waals surface area contributed by atoms with Crippen LogP contribution in [0.4, 0.5) is 0 Å². The van der Waals surface area contributed by atoms with E-state index in [0.717, 1.165) is 28.5 Å². The Balaban J connectivity index is 1.64. The molecule has 0 aliphatic heterocycles. The third kappa shape index (κ3) is 4.61. The zero-order valence-corrected chi connectivity index (χ0v) is 16.3. The lowest BCUT2D eigenvalue weighted by Gasteiger charge is -2.11. The number of hydrogen-bond acceptors (Lipinski definition) is 3. The van der Waals surface area contributed by atoms with E-state index in [9.17, 15) is 4.79 Å². The van der Waals surface area contributed by atoms with Gasteiger partial charge in [-0.05, 0) is 63.6 Å². The average molecular weight is 366 g/mol. The van der Waals surface area contributed by atoms with Crippen LogP contribution in [-0.4, -0.2) is 16.6 Å². The highest BCUT2D eigenvalue weighted by Gasteiger charge is 2.16. The third-order valence-electron chi connectivity index (χ3n) is 4.46. The van der Waals surface area contributed by atoms with Crippen molar-refractivity contribution in [1.29, 1.82) is 0 Å². The van der Waals surface area contributed by atoms with Crippen molar-refractivity contribution < 1.29 is 13.9 Å². The first-order chi connectivity index (χ1) is 12.9. The Hall–Kier alpha value is -2.95. The number of benzene rings is 1. The fourth-order valence-electron chi connectivity index (χ4n) is 3.07. The van der Waals surface area contributed by atoms with Crippen LogP contribution in [0.2, 0.25) is 0 Å². The summed E-state index contributed by atoms with van der Waals surface area (Å²) in [5.41, 5.74) is 3.69. The zero-order valence-electron chi connectivity index (χ0n) is 16.3. The lowest BCUT2D eigenvalue weighted by atomic mass is 10.2. The lowest BCUT2D eigenvalue weighted by molar-refractivity contribution is 0.0950. The number of carbonyl (C=O) groups excluding carboxylic acids is 1. The Morgan fingerprint density at radius 1 is 1.19 bits per heavy atom. The summed E-state index contributed by atoms with van der Waals surface area (Å²) >= 11 is 0. The number of rotatable bonds is 7. The van der Waals surface area contributed by atoms with Crippen LogP contribution in [0.3, 0.4) is 0 Å². The van der Waals surface area contributed by atoms with Crippen molar-refractivity contribution in [2.24, 2.45) is 0 Å². The fourth-order valence-corrected chi connectivity index (χ4v) is 3.07. The van der Waals surface area contributed by atoms with E-state index in [1.54, 1.807) is 6.26 Å². The van der Waals surface area contributed by atoms with Gasteiger partial charge in [0.25, 0.3) is 5.91 Å². The highest BCUT2D eigenvalue weighted by Crippen LogP contribution is 2.18. The van der Waals surface area contributed by atoms with Gasteiger partial charge in [0.2, 0.25) is 0 Å². The van der Waals surface area contributed by atoms with Gasteiger partial charge in [-0.15, -0.1) is 0 Å². The van der Waals surface area contributed by atoms with Crippen LogP contribution in [0.25, 0.3) is 0 Å². The van der Waals surface area contributed by atoms with E-state index < -0.39 is 0 Å². The second-order valence-corrected chi connectivity index (χ2v) is 6.94. The summed E-state index contributed by atoms with van der Waals surface area (Å²) in [6.45, 7) is 9.05. The molecule has 5 heteroatoms. The monoisotopic (exact) mass is 366 g/mol. The van der Waals surface area contributed by atoms with Gasteiger partial charge in [-0.25, -0.2) is 0 Å². The molecule has 0 saturated heterocycles. The van der Waals surface area contributed by atoms with Crippen LogP contribution >= 0.6 is 0 Å². The molecule has 5 nitrogen and oxygen atoms in total. The molecule has 142 valence electrons. The summed E-state index contributed by atoms with van der Waals surface area (Å²) in [6.07, 6.45) is 1.81. The first-order valence-electron chi connectivity index (χ1n) is 9.17. The highest BCUT2D eigenvalue weighted by molar-refractivity contribution is 5.95. The summed E-state index contributed by atoms with van der Waals surface area (Å²) < 4.78 is 13.2. The van der Waals surface area contributed by atoms with E-state index in [2.05, 4.69) is 9.88 Å². The van der Waals surface area contributed by atoms with Gasteiger partial charge in [0, 0.05) is 17.9 Å². The van der Waals surface area contributed by atoms with E-state index >= 15 is 0 Å². The smallest absolute Gasteiger partial charge is 0.253 e. The molecule has 0 aliphatic rings. The van der Waals surface area contributed by atoms with Gasteiger partial charge in [0.1, 0.15) is 11.5 Å². The van der Waals surface area contributed by atoms with Crippen LogP contribution in [0, 0.1) is 13.8 Å². The topological polar surface area (TPSA) is 56.4 Å². The number of nitrogens with zero attached hydrogens (tertiary/aromatic N) is 1. The Morgan fingerprint density at radius 3 is 2.56 bits per heavy atom. The highest BCUT2D eigenvalue weighted by atomic mass is 16.5. The minimum atomic E-state index is -0.0729. The van der Waals surface area contributed by atoms with Crippen molar-refractivity contribution in [1.82, 2.24) is 9.88 Å². The van der Waals surface area contributed by atoms with Crippen LogP contribution in [0.1, 0.15) is 46.9 Å². The molecular formula is C22H26N2O3. The number of hydrogen-bond donors (Lipinski definition) is 1. The first-order valence-corrected chi connectivity index (χ1v) is 9.17. The molecule has 2 heterocycles. The minimum Gasteiger partial charge on any atom is -0.491 e. The summed E-state index contributed by atoms with van der Waals surface area (Å²) in [7, 11) is 0. The standard InChI is InChI=1S/C22H26N2O3/c1-15(2)27-19-9-7-18(8-10-19)13-23-22(25)21-12-16(3)24(17(21)4)14-20-6-5-11-26-20/h5-12,15H,13-14H2,1-4H3,(H,23,25). The van der Waals surface area contributed by atoms with Crippen LogP contribution in [-0.2, 0) is 13.1 Å². The Bertz CT molecular complexity index is 891. The van der Waals surface area contributed by atoms with Gasteiger partial charge in [0.15, 0.2) is 0 Å². The summed E-state index contributed by atoms with van der Waals surface area (Å²) in [5, 5.41) is 3.00. The number of aryl methyl sites for hydroxylation is 1. The van der Waals surface area contributed by atoms with E-state index in [4.69, 9.17) is 9.15 Å². The predicted molar refractivity (Wildman–Crippen MR) is 105 cm³/mol. The number of furan rings is 1. The number of aromatic nitrogens is 1. The van der Waals surface area contributed by atoms with Crippen molar-refractivity contribution in [3.05, 3.63) is 77.0 Å². The molecule has 0 aliphatic carbocycles. The molecule has 1 aromatic carbocycles. The molecule has 0 unspecified atom stereocenters. The summed E-state index contributed by atoms with van der Waals surface area (Å²) in [5.74, 6) is 1.63. The lowest BCUT2D eigenvalue weighted by Crippen LogP contribution is -2.23. The van der Waals surface area contributed by atoms with Crippen molar-refractivity contribution in [3.8, 4) is 5.75 Å². The van der Waals surface area contributed by atoms with E-state index in [0.29, 0.717) is 18.7 Å². The zero-order chi connectivity index (χ0) is 19.4. The minimum absolute atomic E-state index is 0.0729. The Labute approximate surface area is 160 Å². The molecule has 0 radical (unpaired) electrons. The maximum atomic E-state index is 12.6. The molecule has 0 atom stereocenters. The van der Waals surface area contributed by atoms with Gasteiger partial charge < -0.3 is 19.0 Å². The summed E-state index contributed by atoms with van der Waals surface area (Å²) in [4.78, 5) is 12.6. The molecule has 3 rings (SSSR count). The van der Waals surface area contributed by atoms with Gasteiger partial charge in [0.05, 0.1) is 24.5 Å². The average Bonchev–Trinajstić information content (AvgIpc) is 3.24. The van der Waals surface area contributed by atoms with Gasteiger partial charge >= 0.3 is 0 Å². The van der Waals surface area contributed by atoms with Crippen LogP contribution < -0.4 is 10.1 Å². The Kier molecular flexibility index (Phi) is 5.69. The molecule has 1 amide bonds. The Morgan fingerprint density at radius 2 is 1.93 bits per heavy atom. The second-order valence-electron chi connectivity index (χ2n) is 6.94. The second kappa shape index (κ2) is 8.16. The van der Waals surface area contributed by atoms with E-state index in [1.807, 2.05) is 70.2 Å². The molecule has 27 heavy (non-hydrogen) atoms. The fraction of sp³-hybridized carbons (Fsp3) is 0.318. The number of amides is 1. The molecule has 0 bridgehead atoms. The number of ether oxygens (including phenoxy) is 1. The van der Waals surface area contributed by atoms with Crippen molar-refractivity contribution >= 4 is 5.91 Å². The van der Waals surface area contributed by atoms with Crippen LogP contribution in [0.15, 0.2) is 53.1 Å². The van der Waals surface area contributed by atoms with Crippen molar-refractivity contribution in [2.45, 2.75) is 46.9 Å². The predicted octanol–water partition coefficient (Wildman–Crippen LogP) is 4.46. The molecule has 1 N–H and O–H groups in total. The maximum absolute atomic E-state index is 12.6. The van der Waals surface area contributed by atoms with Gasteiger partial charge in [-0.3, -0.25) is 4.79 Å². The van der Waals surface area contributed by atoms with E-state index in [-0.39, 0.29) is 12.0 Å². The summed E-state index contributed by atoms with van der Waals surface area (Å²) in [6, 6.07) is 13.5. The SMILES string of the molecule is Cc1cc(C(=O)NCc2ccc(OC(C)C)cc2)c(C)n1Cc1ccco1. The molecule has 0 fully saturated rings. The normalized spacial score (nSPS) is 11.0. The molecule has 3 aromatic rings. The van der Waals surface area contributed by atoms with Crippen molar-refractivity contribution in [3.63, 3.8) is 0 Å². The van der Waals surface area contributed by atoms with Crippen molar-refractivity contribution in [2.75, 3.05) is 0 Å². The molecular weight excluding hydrogens is 340 g/mol. The molecule has 0 spiro atoms. The largest absolute Gasteiger partial charge is 0.491 e. The molecule has 2 aromatic heterocycles. The third-order valence-corrected chi connectivity index (χ3v) is 4.46. The van der Waals surface area contributed by atoms with Crippen LogP contribution in [0.5, 0.6) is 5.75 Å². The molecule has 0 saturated carbocycles. The van der Waals surface area contributed by atoms with Gasteiger partial charge in [-0.2, -0.15) is 0 Å². The number of nitrogens with one attached hydrogen (secondary N) is 1.